The SMILES string of the molecule is CC(C)(C)c1cc(NC(=O)CSc2cnc(N)s2)on1. The Kier molecular flexibility index (Phi) is 4.34. The quantitative estimate of drug-likeness (QED) is 0.843. The zero-order valence-corrected chi connectivity index (χ0v) is 13.1. The van der Waals surface area contributed by atoms with Crippen LogP contribution in [0, 0.1) is 0 Å². The minimum atomic E-state index is -0.154. The van der Waals surface area contributed by atoms with Crippen LogP contribution < -0.4 is 11.1 Å². The average Bonchev–Trinajstić information content (AvgIpc) is 2.95. The van der Waals surface area contributed by atoms with Crippen molar-refractivity contribution >= 4 is 40.0 Å². The van der Waals surface area contributed by atoms with Crippen LogP contribution >= 0.6 is 23.1 Å². The number of anilines is 2. The predicted octanol–water partition coefficient (Wildman–Crippen LogP) is 2.74. The maximum absolute atomic E-state index is 11.8. The predicted molar refractivity (Wildman–Crippen MR) is 81.1 cm³/mol. The normalized spacial score (nSPS) is 11.6. The van der Waals surface area contributed by atoms with E-state index in [1.807, 2.05) is 20.8 Å². The van der Waals surface area contributed by atoms with Crippen LogP contribution in [0.15, 0.2) is 21.0 Å². The third-order valence-corrected chi connectivity index (χ3v) is 4.41. The highest BCUT2D eigenvalue weighted by Gasteiger charge is 2.19. The van der Waals surface area contributed by atoms with Crippen LogP contribution in [0.3, 0.4) is 0 Å². The molecule has 0 aromatic carbocycles. The van der Waals surface area contributed by atoms with Gasteiger partial charge in [-0.05, 0) is 0 Å². The second-order valence-electron chi connectivity index (χ2n) is 5.18. The van der Waals surface area contributed by atoms with Gasteiger partial charge in [-0.25, -0.2) is 4.98 Å². The minimum absolute atomic E-state index is 0.110. The van der Waals surface area contributed by atoms with Crippen LogP contribution in [-0.2, 0) is 10.2 Å². The molecule has 2 aromatic rings. The molecule has 20 heavy (non-hydrogen) atoms. The largest absolute Gasteiger partial charge is 0.375 e. The molecular weight excluding hydrogens is 296 g/mol. The molecule has 0 aliphatic heterocycles. The first-order chi connectivity index (χ1) is 9.34. The smallest absolute Gasteiger partial charge is 0.237 e. The van der Waals surface area contributed by atoms with E-state index < -0.39 is 0 Å². The van der Waals surface area contributed by atoms with E-state index in [-0.39, 0.29) is 17.1 Å². The Morgan fingerprint density at radius 3 is 2.85 bits per heavy atom. The van der Waals surface area contributed by atoms with Gasteiger partial charge in [-0.3, -0.25) is 10.1 Å². The number of thioether (sulfide) groups is 1. The molecule has 2 heterocycles. The Hall–Kier alpha value is -1.54. The van der Waals surface area contributed by atoms with Gasteiger partial charge in [0.25, 0.3) is 0 Å². The van der Waals surface area contributed by atoms with Gasteiger partial charge < -0.3 is 10.3 Å². The van der Waals surface area contributed by atoms with Gasteiger partial charge >= 0.3 is 0 Å². The fourth-order valence-corrected chi connectivity index (χ4v) is 2.89. The van der Waals surface area contributed by atoms with Crippen molar-refractivity contribution in [2.24, 2.45) is 0 Å². The third kappa shape index (κ3) is 3.97. The van der Waals surface area contributed by atoms with Crippen LogP contribution in [-0.4, -0.2) is 21.8 Å². The number of thiazole rings is 1. The number of nitrogens with one attached hydrogen (secondary N) is 1. The molecule has 0 saturated carbocycles. The molecule has 6 nitrogen and oxygen atoms in total. The molecule has 0 bridgehead atoms. The average molecular weight is 312 g/mol. The number of hydrogen-bond acceptors (Lipinski definition) is 7. The lowest BCUT2D eigenvalue weighted by Crippen LogP contribution is -2.13. The first-order valence-electron chi connectivity index (χ1n) is 5.96. The van der Waals surface area contributed by atoms with Crippen molar-refractivity contribution in [1.82, 2.24) is 10.1 Å². The van der Waals surface area contributed by atoms with Gasteiger partial charge in [0, 0.05) is 11.5 Å². The van der Waals surface area contributed by atoms with Gasteiger partial charge in [0.2, 0.25) is 11.8 Å². The molecule has 8 heteroatoms. The number of amides is 1. The van der Waals surface area contributed by atoms with Gasteiger partial charge in [-0.2, -0.15) is 0 Å². The van der Waals surface area contributed by atoms with E-state index >= 15 is 0 Å². The van der Waals surface area contributed by atoms with E-state index in [1.165, 1.54) is 23.1 Å². The number of nitrogens with zero attached hydrogens (tertiary/aromatic N) is 2. The Morgan fingerprint density at radius 2 is 2.30 bits per heavy atom. The zero-order valence-electron chi connectivity index (χ0n) is 11.5. The van der Waals surface area contributed by atoms with E-state index in [1.54, 1.807) is 12.3 Å². The van der Waals surface area contributed by atoms with Crippen molar-refractivity contribution in [3.63, 3.8) is 0 Å². The maximum Gasteiger partial charge on any atom is 0.237 e. The fourth-order valence-electron chi connectivity index (χ4n) is 1.34. The molecule has 0 aliphatic carbocycles. The molecule has 2 rings (SSSR count). The van der Waals surface area contributed by atoms with E-state index in [4.69, 9.17) is 10.3 Å². The Bertz CT molecular complexity index is 601. The molecule has 0 spiro atoms. The lowest BCUT2D eigenvalue weighted by Gasteiger charge is -2.12. The highest BCUT2D eigenvalue weighted by molar-refractivity contribution is 8.01. The molecule has 0 aliphatic rings. The Morgan fingerprint density at radius 1 is 1.55 bits per heavy atom. The maximum atomic E-state index is 11.8. The number of hydrogen-bond donors (Lipinski definition) is 2. The van der Waals surface area contributed by atoms with E-state index in [2.05, 4.69) is 15.5 Å². The van der Waals surface area contributed by atoms with Gasteiger partial charge in [0.15, 0.2) is 5.13 Å². The lowest BCUT2D eigenvalue weighted by atomic mass is 9.92. The lowest BCUT2D eigenvalue weighted by molar-refractivity contribution is -0.113. The Labute approximate surface area is 125 Å². The fraction of sp³-hybridized carbons (Fsp3) is 0.417. The van der Waals surface area contributed by atoms with E-state index in [0.717, 1.165) is 9.90 Å². The van der Waals surface area contributed by atoms with E-state index in [9.17, 15) is 4.79 Å². The number of carbonyl (C=O) groups is 1. The molecule has 0 radical (unpaired) electrons. The van der Waals surface area contributed by atoms with Crippen LogP contribution in [0.5, 0.6) is 0 Å². The van der Waals surface area contributed by atoms with Crippen LogP contribution in [0.25, 0.3) is 0 Å². The summed E-state index contributed by atoms with van der Waals surface area (Å²) in [5, 5.41) is 7.11. The molecule has 3 N–H and O–H groups in total. The van der Waals surface area contributed by atoms with Crippen LogP contribution in [0.1, 0.15) is 26.5 Å². The minimum Gasteiger partial charge on any atom is -0.375 e. The molecular formula is C12H16N4O2S2. The van der Waals surface area contributed by atoms with Crippen LogP contribution in [0.2, 0.25) is 0 Å². The molecule has 0 unspecified atom stereocenters. The number of carbonyl (C=O) groups excluding carboxylic acids is 1. The summed E-state index contributed by atoms with van der Waals surface area (Å²) >= 11 is 2.74. The van der Waals surface area contributed by atoms with Crippen molar-refractivity contribution in [2.45, 2.75) is 30.4 Å². The summed E-state index contributed by atoms with van der Waals surface area (Å²) in [6.45, 7) is 6.08. The van der Waals surface area contributed by atoms with Crippen molar-refractivity contribution in [3.05, 3.63) is 18.0 Å². The first-order valence-corrected chi connectivity index (χ1v) is 7.76. The molecule has 0 atom stereocenters. The second-order valence-corrected chi connectivity index (χ2v) is 7.52. The monoisotopic (exact) mass is 312 g/mol. The second kappa shape index (κ2) is 5.84. The summed E-state index contributed by atoms with van der Waals surface area (Å²) in [5.74, 6) is 0.482. The number of nitrogen functional groups attached to an aromatic ring is 1. The van der Waals surface area contributed by atoms with E-state index in [0.29, 0.717) is 11.0 Å². The van der Waals surface area contributed by atoms with Gasteiger partial charge in [-0.1, -0.05) is 37.3 Å². The van der Waals surface area contributed by atoms with Gasteiger partial charge in [0.05, 0.1) is 21.9 Å². The van der Waals surface area contributed by atoms with Crippen molar-refractivity contribution < 1.29 is 9.32 Å². The summed E-state index contributed by atoms with van der Waals surface area (Å²) in [6.07, 6.45) is 1.66. The number of aromatic nitrogens is 2. The zero-order chi connectivity index (χ0) is 14.8. The van der Waals surface area contributed by atoms with Gasteiger partial charge in [-0.15, -0.1) is 11.8 Å². The first kappa shape index (κ1) is 14.9. The number of rotatable bonds is 4. The molecule has 0 fully saturated rings. The van der Waals surface area contributed by atoms with Crippen LogP contribution in [0.4, 0.5) is 11.0 Å². The molecule has 0 saturated heterocycles. The summed E-state index contributed by atoms with van der Waals surface area (Å²) in [5.41, 5.74) is 6.21. The molecule has 2 aromatic heterocycles. The number of nitrogens with two attached hydrogens (primary N) is 1. The Balaban J connectivity index is 1.87. The highest BCUT2D eigenvalue weighted by atomic mass is 32.2. The van der Waals surface area contributed by atoms with Gasteiger partial charge in [0.1, 0.15) is 0 Å². The molecule has 1 amide bonds. The topological polar surface area (TPSA) is 94.0 Å². The summed E-state index contributed by atoms with van der Waals surface area (Å²) < 4.78 is 6.00. The van der Waals surface area contributed by atoms with Crippen molar-refractivity contribution in [1.29, 1.82) is 0 Å². The van der Waals surface area contributed by atoms with Crippen molar-refractivity contribution in [3.8, 4) is 0 Å². The summed E-state index contributed by atoms with van der Waals surface area (Å²) in [6, 6.07) is 1.74. The van der Waals surface area contributed by atoms with Crippen molar-refractivity contribution in [2.75, 3.05) is 16.8 Å². The molecule has 108 valence electrons. The summed E-state index contributed by atoms with van der Waals surface area (Å²) in [4.78, 5) is 15.7. The third-order valence-electron chi connectivity index (χ3n) is 2.39. The highest BCUT2D eigenvalue weighted by Crippen LogP contribution is 2.27. The summed E-state index contributed by atoms with van der Waals surface area (Å²) in [7, 11) is 0. The standard InChI is InChI=1S/C12H16N4O2S2/c1-12(2,3)7-4-9(18-16-7)15-8(17)6-19-10-5-14-11(13)20-10/h4-5H,6H2,1-3H3,(H2,13,14)(H,15,17).